The molecule has 0 unspecified atom stereocenters. The van der Waals surface area contributed by atoms with E-state index in [1.165, 1.54) is 0 Å². The smallest absolute Gasteiger partial charge is 0.317 e. The zero-order valence-electron chi connectivity index (χ0n) is 9.29. The highest BCUT2D eigenvalue weighted by atomic mass is 16.1. The van der Waals surface area contributed by atoms with Gasteiger partial charge in [0.05, 0.1) is 0 Å². The molecule has 2 N–H and O–H groups in total. The molecule has 0 amide bonds. The molecular weight excluding hydrogens is 192 g/mol. The third-order valence-electron chi connectivity index (χ3n) is 2.95. The monoisotopic (exact) mass is 210 g/mol. The summed E-state index contributed by atoms with van der Waals surface area (Å²) in [6.07, 6.45) is 2.13. The number of piperidine rings is 1. The fraction of sp³-hybridized carbons (Fsp3) is 0.800. The summed E-state index contributed by atoms with van der Waals surface area (Å²) in [5.41, 5.74) is -0.0847. The number of hydrogen-bond acceptors (Lipinski definition) is 3. The summed E-state index contributed by atoms with van der Waals surface area (Å²) in [7, 11) is 0. The molecule has 5 nitrogen and oxygen atoms in total. The van der Waals surface area contributed by atoms with Crippen molar-refractivity contribution in [1.82, 2.24) is 20.1 Å². The van der Waals surface area contributed by atoms with Crippen LogP contribution in [-0.2, 0) is 0 Å². The summed E-state index contributed by atoms with van der Waals surface area (Å²) in [6.45, 7) is 6.07. The van der Waals surface area contributed by atoms with E-state index in [2.05, 4.69) is 15.5 Å². The maximum Gasteiger partial charge on any atom is 0.343 e. The SMILES string of the molecule is CC(C)n1c(C2CCNCC2)n[nH]c1=O. The van der Waals surface area contributed by atoms with Crippen LogP contribution in [0.5, 0.6) is 0 Å². The lowest BCUT2D eigenvalue weighted by Crippen LogP contribution is -2.30. The van der Waals surface area contributed by atoms with E-state index >= 15 is 0 Å². The van der Waals surface area contributed by atoms with Crippen molar-refractivity contribution in [1.29, 1.82) is 0 Å². The number of rotatable bonds is 2. The second-order valence-corrected chi connectivity index (χ2v) is 4.37. The van der Waals surface area contributed by atoms with Gasteiger partial charge < -0.3 is 5.32 Å². The minimum atomic E-state index is -0.0847. The molecule has 0 aliphatic carbocycles. The number of H-pyrrole nitrogens is 1. The van der Waals surface area contributed by atoms with Crippen LogP contribution in [0.25, 0.3) is 0 Å². The van der Waals surface area contributed by atoms with Crippen LogP contribution in [0.3, 0.4) is 0 Å². The number of nitrogens with zero attached hydrogens (tertiary/aromatic N) is 2. The van der Waals surface area contributed by atoms with E-state index in [0.717, 1.165) is 31.8 Å². The first kappa shape index (κ1) is 10.4. The van der Waals surface area contributed by atoms with Crippen molar-refractivity contribution in [2.75, 3.05) is 13.1 Å². The summed E-state index contributed by atoms with van der Waals surface area (Å²) in [6, 6.07) is 0.182. The van der Waals surface area contributed by atoms with Crippen molar-refractivity contribution < 1.29 is 0 Å². The van der Waals surface area contributed by atoms with E-state index in [1.807, 2.05) is 13.8 Å². The zero-order valence-corrected chi connectivity index (χ0v) is 9.29. The maximum atomic E-state index is 11.6. The Morgan fingerprint density at radius 2 is 2.07 bits per heavy atom. The molecule has 15 heavy (non-hydrogen) atoms. The summed E-state index contributed by atoms with van der Waals surface area (Å²) >= 11 is 0. The molecule has 1 aliphatic heterocycles. The molecule has 0 atom stereocenters. The Morgan fingerprint density at radius 1 is 1.40 bits per heavy atom. The van der Waals surface area contributed by atoms with E-state index in [0.29, 0.717) is 5.92 Å². The Morgan fingerprint density at radius 3 is 2.67 bits per heavy atom. The zero-order chi connectivity index (χ0) is 10.8. The van der Waals surface area contributed by atoms with Crippen molar-refractivity contribution in [3.05, 3.63) is 16.3 Å². The van der Waals surface area contributed by atoms with Crippen LogP contribution in [0.1, 0.15) is 44.5 Å². The van der Waals surface area contributed by atoms with Crippen LogP contribution in [0.2, 0.25) is 0 Å². The fourth-order valence-corrected chi connectivity index (χ4v) is 2.18. The molecule has 1 saturated heterocycles. The van der Waals surface area contributed by atoms with Gasteiger partial charge in [0.2, 0.25) is 0 Å². The van der Waals surface area contributed by atoms with E-state index in [-0.39, 0.29) is 11.7 Å². The van der Waals surface area contributed by atoms with Gasteiger partial charge in [-0.3, -0.25) is 4.57 Å². The van der Waals surface area contributed by atoms with Gasteiger partial charge in [-0.1, -0.05) is 0 Å². The van der Waals surface area contributed by atoms with Crippen LogP contribution < -0.4 is 11.0 Å². The standard InChI is InChI=1S/C10H18N4O/c1-7(2)14-9(12-13-10(14)15)8-3-5-11-6-4-8/h7-8,11H,3-6H2,1-2H3,(H,13,15). The Balaban J connectivity index is 2.30. The van der Waals surface area contributed by atoms with Gasteiger partial charge in [-0.2, -0.15) is 5.10 Å². The Bertz CT molecular complexity index is 373. The second-order valence-electron chi connectivity index (χ2n) is 4.37. The molecule has 5 heteroatoms. The predicted molar refractivity (Wildman–Crippen MR) is 58.1 cm³/mol. The Kier molecular flexibility index (Phi) is 2.90. The van der Waals surface area contributed by atoms with Gasteiger partial charge in [-0.15, -0.1) is 0 Å². The van der Waals surface area contributed by atoms with Gasteiger partial charge in [-0.05, 0) is 39.8 Å². The van der Waals surface area contributed by atoms with Crippen molar-refractivity contribution in [3.63, 3.8) is 0 Å². The van der Waals surface area contributed by atoms with Gasteiger partial charge in [0, 0.05) is 12.0 Å². The highest BCUT2D eigenvalue weighted by Crippen LogP contribution is 2.23. The molecule has 2 heterocycles. The van der Waals surface area contributed by atoms with E-state index in [1.54, 1.807) is 4.57 Å². The van der Waals surface area contributed by atoms with Gasteiger partial charge in [0.1, 0.15) is 5.82 Å². The number of aromatic nitrogens is 3. The minimum absolute atomic E-state index is 0.0847. The van der Waals surface area contributed by atoms with E-state index in [9.17, 15) is 4.79 Å². The average Bonchev–Trinajstić information content (AvgIpc) is 2.61. The molecule has 0 radical (unpaired) electrons. The molecule has 0 spiro atoms. The van der Waals surface area contributed by atoms with E-state index in [4.69, 9.17) is 0 Å². The summed E-state index contributed by atoms with van der Waals surface area (Å²) in [4.78, 5) is 11.6. The fourth-order valence-electron chi connectivity index (χ4n) is 2.18. The lowest BCUT2D eigenvalue weighted by molar-refractivity contribution is 0.417. The van der Waals surface area contributed by atoms with Crippen LogP contribution in [0.15, 0.2) is 4.79 Å². The lowest BCUT2D eigenvalue weighted by atomic mass is 9.97. The van der Waals surface area contributed by atoms with Crippen LogP contribution in [0.4, 0.5) is 0 Å². The van der Waals surface area contributed by atoms with E-state index < -0.39 is 0 Å². The number of hydrogen-bond donors (Lipinski definition) is 2. The van der Waals surface area contributed by atoms with Gasteiger partial charge >= 0.3 is 5.69 Å². The highest BCUT2D eigenvalue weighted by Gasteiger charge is 2.22. The normalized spacial score (nSPS) is 18.6. The van der Waals surface area contributed by atoms with Crippen molar-refractivity contribution in [2.24, 2.45) is 0 Å². The first-order valence-electron chi connectivity index (χ1n) is 5.57. The predicted octanol–water partition coefficient (Wildman–Crippen LogP) is 0.619. The van der Waals surface area contributed by atoms with Crippen LogP contribution in [0, 0.1) is 0 Å². The van der Waals surface area contributed by atoms with Gasteiger partial charge in [-0.25, -0.2) is 9.89 Å². The van der Waals surface area contributed by atoms with Gasteiger partial charge in [0.25, 0.3) is 0 Å². The number of aromatic amines is 1. The molecule has 1 aromatic heterocycles. The molecular formula is C10H18N4O. The summed E-state index contributed by atoms with van der Waals surface area (Å²) in [5, 5.41) is 10.0. The molecule has 2 rings (SSSR count). The summed E-state index contributed by atoms with van der Waals surface area (Å²) < 4.78 is 1.77. The lowest BCUT2D eigenvalue weighted by Gasteiger charge is -2.23. The third kappa shape index (κ3) is 1.97. The molecule has 1 aromatic rings. The third-order valence-corrected chi connectivity index (χ3v) is 2.95. The second kappa shape index (κ2) is 4.18. The first-order chi connectivity index (χ1) is 7.20. The molecule has 84 valence electrons. The molecule has 0 saturated carbocycles. The Hall–Kier alpha value is -1.10. The quantitative estimate of drug-likeness (QED) is 0.752. The highest BCUT2D eigenvalue weighted by molar-refractivity contribution is 5.00. The van der Waals surface area contributed by atoms with Crippen molar-refractivity contribution in [2.45, 2.75) is 38.6 Å². The molecule has 0 aromatic carbocycles. The molecule has 1 fully saturated rings. The minimum Gasteiger partial charge on any atom is -0.317 e. The summed E-state index contributed by atoms with van der Waals surface area (Å²) in [5.74, 6) is 1.35. The van der Waals surface area contributed by atoms with Crippen molar-refractivity contribution >= 4 is 0 Å². The molecule has 1 aliphatic rings. The van der Waals surface area contributed by atoms with Crippen molar-refractivity contribution in [3.8, 4) is 0 Å². The topological polar surface area (TPSA) is 62.7 Å². The Labute approximate surface area is 88.9 Å². The average molecular weight is 210 g/mol. The maximum absolute atomic E-state index is 11.6. The molecule has 0 bridgehead atoms. The number of nitrogens with one attached hydrogen (secondary N) is 2. The largest absolute Gasteiger partial charge is 0.343 e. The first-order valence-corrected chi connectivity index (χ1v) is 5.57. The van der Waals surface area contributed by atoms with Crippen LogP contribution >= 0.6 is 0 Å². The van der Waals surface area contributed by atoms with Gasteiger partial charge in [0.15, 0.2) is 0 Å². The van der Waals surface area contributed by atoms with Crippen LogP contribution in [-0.4, -0.2) is 27.9 Å².